The summed E-state index contributed by atoms with van der Waals surface area (Å²) in [5.41, 5.74) is 1.59. The molecule has 1 atom stereocenters. The molecular formula is C33H55NO4S. The average Bonchev–Trinajstić information content (AvgIpc) is 3.47. The van der Waals surface area contributed by atoms with E-state index >= 15 is 0 Å². The zero-order valence-electron chi connectivity index (χ0n) is 24.9. The molecule has 0 aromatic heterocycles. The number of methoxy groups -OCH3 is 1. The summed E-state index contributed by atoms with van der Waals surface area (Å²) in [7, 11) is 1.64. The average molecular weight is 562 g/mol. The first kappa shape index (κ1) is 33.7. The molecule has 1 unspecified atom stereocenters. The summed E-state index contributed by atoms with van der Waals surface area (Å²) in [5, 5.41) is 2.07. The zero-order chi connectivity index (χ0) is 27.8. The van der Waals surface area contributed by atoms with Crippen LogP contribution in [0.2, 0.25) is 0 Å². The highest BCUT2D eigenvalue weighted by molar-refractivity contribution is 8.02. The third-order valence-electron chi connectivity index (χ3n) is 7.40. The van der Waals surface area contributed by atoms with E-state index in [1.165, 1.54) is 96.3 Å². The van der Waals surface area contributed by atoms with Gasteiger partial charge in [-0.2, -0.15) is 0 Å². The Morgan fingerprint density at radius 3 is 2.00 bits per heavy atom. The normalized spacial score (nSPS) is 13.7. The number of carbonyl (C=O) groups excluding carboxylic acids is 1. The lowest BCUT2D eigenvalue weighted by Crippen LogP contribution is -2.27. The summed E-state index contributed by atoms with van der Waals surface area (Å²) in [6, 6.07) is 7.66. The molecule has 1 aromatic carbocycles. The van der Waals surface area contributed by atoms with Crippen molar-refractivity contribution in [3.63, 3.8) is 0 Å². The van der Waals surface area contributed by atoms with Crippen molar-refractivity contribution in [1.82, 2.24) is 4.90 Å². The van der Waals surface area contributed by atoms with Gasteiger partial charge in [0.2, 0.25) is 0 Å². The Balaban J connectivity index is 1.42. The molecule has 39 heavy (non-hydrogen) atoms. The van der Waals surface area contributed by atoms with Crippen LogP contribution in [0.4, 0.5) is 0 Å². The van der Waals surface area contributed by atoms with E-state index in [1.807, 2.05) is 24.3 Å². The largest absolute Gasteiger partial charge is 0.459 e. The van der Waals surface area contributed by atoms with Gasteiger partial charge in [0.25, 0.3) is 0 Å². The molecule has 0 bridgehead atoms. The van der Waals surface area contributed by atoms with Gasteiger partial charge in [-0.05, 0) is 23.5 Å². The van der Waals surface area contributed by atoms with Gasteiger partial charge in [0.15, 0.2) is 0 Å². The minimum Gasteiger partial charge on any atom is -0.459 e. The number of benzene rings is 1. The van der Waals surface area contributed by atoms with E-state index in [4.69, 9.17) is 14.2 Å². The molecule has 0 radical (unpaired) electrons. The van der Waals surface area contributed by atoms with Crippen LogP contribution in [0.5, 0.6) is 0 Å². The minimum atomic E-state index is -0.304. The van der Waals surface area contributed by atoms with E-state index in [-0.39, 0.29) is 18.7 Å². The van der Waals surface area contributed by atoms with Crippen molar-refractivity contribution in [2.75, 3.05) is 32.8 Å². The molecule has 6 heteroatoms. The lowest BCUT2D eigenvalue weighted by Gasteiger charge is -2.18. The van der Waals surface area contributed by atoms with Crippen molar-refractivity contribution in [3.05, 3.63) is 47.0 Å². The number of carbonyl (C=O) groups is 1. The van der Waals surface area contributed by atoms with Crippen LogP contribution in [-0.2, 0) is 20.8 Å². The Labute approximate surface area is 243 Å². The number of ether oxygens (including phenoxy) is 3. The summed E-state index contributed by atoms with van der Waals surface area (Å²) in [5.74, 6) is 0.604. The standard InChI is InChI=1S/C33H55NO4S/c1-3-4-5-6-7-8-9-10-11-12-13-14-15-16-17-20-24-37-27-31(36-2)28-38-33(35)32-22-19-18-21-30(32)26-34-23-25-39-29-34/h18-19,21-23,25,31H,3-17,20,24,26-29H2,1-2H3. The van der Waals surface area contributed by atoms with Crippen molar-refractivity contribution < 1.29 is 19.0 Å². The molecule has 0 amide bonds. The maximum absolute atomic E-state index is 12.7. The highest BCUT2D eigenvalue weighted by atomic mass is 32.2. The first-order chi connectivity index (χ1) is 19.2. The fourth-order valence-corrected chi connectivity index (χ4v) is 5.60. The van der Waals surface area contributed by atoms with Crippen LogP contribution in [0.1, 0.15) is 126 Å². The second kappa shape index (κ2) is 23.2. The summed E-state index contributed by atoms with van der Waals surface area (Å²) >= 11 is 1.75. The second-order valence-electron chi connectivity index (χ2n) is 10.8. The monoisotopic (exact) mass is 561 g/mol. The number of esters is 1. The number of nitrogens with zero attached hydrogens (tertiary/aromatic N) is 1. The van der Waals surface area contributed by atoms with Gasteiger partial charge in [-0.1, -0.05) is 121 Å². The van der Waals surface area contributed by atoms with Crippen LogP contribution >= 0.6 is 11.8 Å². The molecule has 1 aliphatic heterocycles. The van der Waals surface area contributed by atoms with Crippen LogP contribution in [-0.4, -0.2) is 49.8 Å². The number of hydrogen-bond donors (Lipinski definition) is 0. The Hall–Kier alpha value is -1.50. The lowest BCUT2D eigenvalue weighted by molar-refractivity contribution is -0.0315. The van der Waals surface area contributed by atoms with Gasteiger partial charge in [-0.15, -0.1) is 11.8 Å². The lowest BCUT2D eigenvalue weighted by atomic mass is 10.0. The van der Waals surface area contributed by atoms with Crippen LogP contribution in [0.15, 0.2) is 35.9 Å². The van der Waals surface area contributed by atoms with Gasteiger partial charge < -0.3 is 19.1 Å². The van der Waals surface area contributed by atoms with E-state index in [0.717, 1.165) is 24.5 Å². The number of rotatable bonds is 25. The highest BCUT2D eigenvalue weighted by Crippen LogP contribution is 2.20. The Kier molecular flexibility index (Phi) is 20.1. The number of hydrogen-bond acceptors (Lipinski definition) is 6. The summed E-state index contributed by atoms with van der Waals surface area (Å²) in [6.07, 6.45) is 23.7. The van der Waals surface area contributed by atoms with Crippen LogP contribution in [0.3, 0.4) is 0 Å². The molecule has 0 N–H and O–H groups in total. The first-order valence-electron chi connectivity index (χ1n) is 15.6. The molecule has 222 valence electrons. The van der Waals surface area contributed by atoms with Crippen molar-refractivity contribution in [2.24, 2.45) is 0 Å². The van der Waals surface area contributed by atoms with Gasteiger partial charge >= 0.3 is 5.97 Å². The van der Waals surface area contributed by atoms with Crippen LogP contribution in [0, 0.1) is 0 Å². The van der Waals surface area contributed by atoms with Crippen molar-refractivity contribution in [2.45, 2.75) is 122 Å². The Morgan fingerprint density at radius 1 is 0.846 bits per heavy atom. The maximum Gasteiger partial charge on any atom is 0.338 e. The third-order valence-corrected chi connectivity index (χ3v) is 8.19. The van der Waals surface area contributed by atoms with Gasteiger partial charge in [-0.25, -0.2) is 4.79 Å². The van der Waals surface area contributed by atoms with E-state index in [9.17, 15) is 4.79 Å². The summed E-state index contributed by atoms with van der Waals surface area (Å²) in [6.45, 7) is 4.36. The molecule has 0 aliphatic carbocycles. The third kappa shape index (κ3) is 16.4. The molecule has 1 heterocycles. The first-order valence-corrected chi connectivity index (χ1v) is 16.7. The molecule has 0 saturated carbocycles. The van der Waals surface area contributed by atoms with E-state index in [0.29, 0.717) is 18.7 Å². The van der Waals surface area contributed by atoms with E-state index in [1.54, 1.807) is 18.9 Å². The molecule has 5 nitrogen and oxygen atoms in total. The molecule has 0 spiro atoms. The van der Waals surface area contributed by atoms with Crippen molar-refractivity contribution in [3.8, 4) is 0 Å². The molecular weight excluding hydrogens is 506 g/mol. The van der Waals surface area contributed by atoms with E-state index in [2.05, 4.69) is 23.4 Å². The van der Waals surface area contributed by atoms with Crippen LogP contribution in [0.25, 0.3) is 0 Å². The Bertz CT molecular complexity index is 772. The van der Waals surface area contributed by atoms with Gasteiger partial charge in [0.1, 0.15) is 12.7 Å². The molecule has 1 aromatic rings. The SMILES string of the molecule is CCCCCCCCCCCCCCCCCCOCC(COC(=O)c1ccccc1CN1C=CSC1)OC. The minimum absolute atomic E-state index is 0.197. The molecule has 2 rings (SSSR count). The van der Waals surface area contributed by atoms with Gasteiger partial charge in [0.05, 0.1) is 18.0 Å². The molecule has 0 fully saturated rings. The number of unbranched alkanes of at least 4 members (excludes halogenated alkanes) is 15. The smallest absolute Gasteiger partial charge is 0.338 e. The summed E-state index contributed by atoms with van der Waals surface area (Å²) < 4.78 is 16.9. The Morgan fingerprint density at radius 2 is 1.44 bits per heavy atom. The van der Waals surface area contributed by atoms with E-state index < -0.39 is 0 Å². The fourth-order valence-electron chi connectivity index (χ4n) is 4.88. The van der Waals surface area contributed by atoms with Crippen LogP contribution < -0.4 is 0 Å². The maximum atomic E-state index is 12.7. The molecule has 1 aliphatic rings. The van der Waals surface area contributed by atoms with Crippen molar-refractivity contribution in [1.29, 1.82) is 0 Å². The highest BCUT2D eigenvalue weighted by Gasteiger charge is 2.17. The second-order valence-corrected chi connectivity index (χ2v) is 11.7. The zero-order valence-corrected chi connectivity index (χ0v) is 25.7. The van der Waals surface area contributed by atoms with Gasteiger partial charge in [-0.3, -0.25) is 0 Å². The topological polar surface area (TPSA) is 48.0 Å². The van der Waals surface area contributed by atoms with Gasteiger partial charge in [0, 0.05) is 26.5 Å². The quantitative estimate of drug-likeness (QED) is 0.0876. The predicted molar refractivity (Wildman–Crippen MR) is 165 cm³/mol. The molecule has 0 saturated heterocycles. The summed E-state index contributed by atoms with van der Waals surface area (Å²) in [4.78, 5) is 14.9. The fraction of sp³-hybridized carbons (Fsp3) is 0.727. The van der Waals surface area contributed by atoms with Crippen molar-refractivity contribution >= 4 is 17.7 Å². The predicted octanol–water partition coefficient (Wildman–Crippen LogP) is 9.11. The number of thioether (sulfide) groups is 1.